The Balaban J connectivity index is 0.00000253. The number of carbonyl (C=O) groups excluding carboxylic acids is 3. The van der Waals surface area contributed by atoms with Gasteiger partial charge in [-0.15, -0.1) is 16.9 Å². The smallest absolute Gasteiger partial charge is 0.748 e. The minimum absolute atomic E-state index is 0. The van der Waals surface area contributed by atoms with E-state index in [1.807, 2.05) is 0 Å². The molecule has 192 valence electrons. The van der Waals surface area contributed by atoms with Crippen molar-refractivity contribution in [1.29, 1.82) is 0 Å². The number of aromatic nitrogens is 4. The van der Waals surface area contributed by atoms with Gasteiger partial charge in [-0.05, 0) is 28.1 Å². The number of carboxylic acid groups (broad SMARTS) is 1. The van der Waals surface area contributed by atoms with E-state index in [0.717, 1.165) is 16.7 Å². The second-order valence-electron chi connectivity index (χ2n) is 7.16. The Kier molecular flexibility index (Phi) is 11.9. The molecule has 21 heteroatoms. The molecule has 1 saturated heterocycles. The van der Waals surface area contributed by atoms with Gasteiger partial charge >= 0.3 is 59.1 Å². The number of thioether (sulfide) groups is 2. The summed E-state index contributed by atoms with van der Waals surface area (Å²) >= 11 is 1.78. The molecule has 38 heavy (non-hydrogen) atoms. The van der Waals surface area contributed by atoms with Crippen LogP contribution in [0.2, 0.25) is 0 Å². The summed E-state index contributed by atoms with van der Waals surface area (Å²) in [6, 6.07) is 1.84. The van der Waals surface area contributed by atoms with Gasteiger partial charge in [-0.1, -0.05) is 16.9 Å². The van der Waals surface area contributed by atoms with E-state index in [0.29, 0.717) is 11.8 Å². The van der Waals surface area contributed by atoms with Crippen molar-refractivity contribution < 1.29 is 101 Å². The number of rotatable bonds is 10. The number of tetrazole rings is 1. The monoisotopic (exact) mass is 603 g/mol. The van der Waals surface area contributed by atoms with E-state index in [1.54, 1.807) is 0 Å². The molecule has 0 bridgehead atoms. The van der Waals surface area contributed by atoms with Crippen molar-refractivity contribution in [2.24, 2.45) is 5.16 Å². The zero-order valence-corrected chi connectivity index (χ0v) is 26.5. The van der Waals surface area contributed by atoms with Crippen LogP contribution in [0.5, 0.6) is 0 Å². The van der Waals surface area contributed by atoms with Gasteiger partial charge in [0.05, 0.1) is 33.8 Å². The van der Waals surface area contributed by atoms with Gasteiger partial charge in [-0.3, -0.25) is 14.5 Å². The molecule has 2 aromatic rings. The zero-order chi connectivity index (χ0) is 26.0. The number of aromatic amines is 1. The first kappa shape index (κ1) is 32.8. The molecule has 2 amide bonds. The Hall–Kier alpha value is -1.42. The van der Waals surface area contributed by atoms with E-state index in [9.17, 15) is 32.5 Å². The predicted molar refractivity (Wildman–Crippen MR) is 118 cm³/mol. The average Bonchev–Trinajstić information content (AvgIpc) is 3.53. The van der Waals surface area contributed by atoms with Crippen molar-refractivity contribution in [2.75, 3.05) is 18.6 Å². The quantitative estimate of drug-likeness (QED) is 0.0641. The van der Waals surface area contributed by atoms with Crippen LogP contribution in [0.3, 0.4) is 0 Å². The molecule has 2 aliphatic rings. The molecule has 2 unspecified atom stereocenters. The van der Waals surface area contributed by atoms with E-state index in [-0.39, 0.29) is 87.1 Å². The molecule has 0 saturated carbocycles. The van der Waals surface area contributed by atoms with Crippen molar-refractivity contribution in [3.8, 4) is 0 Å². The second kappa shape index (κ2) is 13.8. The fourth-order valence-corrected chi connectivity index (χ4v) is 7.17. The van der Waals surface area contributed by atoms with Crippen LogP contribution in [0.25, 0.3) is 0 Å². The zero-order valence-electron chi connectivity index (χ0n) is 20.0. The Bertz CT molecular complexity index is 1340. The summed E-state index contributed by atoms with van der Waals surface area (Å²) in [7, 11) is -3.60. The first-order valence-corrected chi connectivity index (χ1v) is 13.3. The number of H-pyrrole nitrogens is 1. The van der Waals surface area contributed by atoms with Gasteiger partial charge in [0.1, 0.15) is 18.5 Å². The van der Waals surface area contributed by atoms with Crippen LogP contribution >= 0.6 is 23.5 Å². The van der Waals surface area contributed by atoms with Crippen molar-refractivity contribution in [3.63, 3.8) is 0 Å². The van der Waals surface area contributed by atoms with Crippen molar-refractivity contribution in [3.05, 3.63) is 35.4 Å². The van der Waals surface area contributed by atoms with E-state index in [4.69, 9.17) is 4.42 Å². The topological polar surface area (TPSA) is 236 Å². The van der Waals surface area contributed by atoms with Gasteiger partial charge in [0.2, 0.25) is 10.9 Å². The Labute approximate surface area is 267 Å². The fourth-order valence-electron chi connectivity index (χ4n) is 3.52. The number of hydrogen-bond donors (Lipinski definition) is 2. The summed E-state index contributed by atoms with van der Waals surface area (Å²) in [6.45, 7) is 0. The third kappa shape index (κ3) is 7.20. The summed E-state index contributed by atoms with van der Waals surface area (Å²) < 4.78 is 39.7. The van der Waals surface area contributed by atoms with Crippen LogP contribution in [-0.4, -0.2) is 97.3 Å². The number of aliphatic carboxylic acids is 1. The predicted octanol–water partition coefficient (Wildman–Crippen LogP) is -8.74. The second-order valence-corrected chi connectivity index (χ2v) is 10.9. The largest absolute Gasteiger partial charge is 1.00 e. The number of hydrogen-bond acceptors (Lipinski definition) is 15. The Morgan fingerprint density at radius 3 is 2.74 bits per heavy atom. The summed E-state index contributed by atoms with van der Waals surface area (Å²) in [5, 5.41) is 28.8. The number of oxime groups is 1. The van der Waals surface area contributed by atoms with Gasteiger partial charge < -0.3 is 29.0 Å². The van der Waals surface area contributed by atoms with Crippen LogP contribution in [-0.2, 0) is 29.3 Å². The number of fused-ring (bicyclic) bond motifs is 1. The maximum absolute atomic E-state index is 12.9. The molecule has 4 heterocycles. The minimum atomic E-state index is -4.82. The number of furan rings is 1. The molecule has 16 nitrogen and oxygen atoms in total. The maximum Gasteiger partial charge on any atom is 1.00 e. The van der Waals surface area contributed by atoms with Crippen molar-refractivity contribution in [1.82, 2.24) is 30.8 Å². The van der Waals surface area contributed by atoms with Gasteiger partial charge in [-0.2, -0.15) is 0 Å². The SMILES string of the molecule is CON=C(C(=O)NC1C(=O)N2C(C(=O)[O-])=C(C(CS(=O)(=O)[O-])Sc3nnn[nH]3)CS[C@@H]12)c1ccco1.[Na+].[Na+]. The average molecular weight is 604 g/mol. The molecule has 1 fully saturated rings. The number of nitrogens with zero attached hydrogens (tertiary/aromatic N) is 5. The summed E-state index contributed by atoms with van der Waals surface area (Å²) in [5.74, 6) is -4.35. The van der Waals surface area contributed by atoms with Crippen LogP contribution < -0.4 is 69.5 Å². The number of carboxylic acids is 1. The number of nitrogens with one attached hydrogen (secondary N) is 2. The van der Waals surface area contributed by atoms with E-state index in [1.165, 1.54) is 25.5 Å². The maximum atomic E-state index is 12.9. The molecule has 3 atom stereocenters. The Morgan fingerprint density at radius 1 is 1.45 bits per heavy atom. The summed E-state index contributed by atoms with van der Waals surface area (Å²) in [6.07, 6.45) is 1.31. The van der Waals surface area contributed by atoms with Gasteiger partial charge in [0, 0.05) is 11.0 Å². The van der Waals surface area contributed by atoms with Crippen LogP contribution in [0.4, 0.5) is 0 Å². The van der Waals surface area contributed by atoms with Crippen LogP contribution in [0.15, 0.2) is 44.4 Å². The van der Waals surface area contributed by atoms with Gasteiger partial charge in [0.15, 0.2) is 5.76 Å². The molecule has 0 radical (unpaired) electrons. The molecular formula is C17H15N7Na2O9S3. The Morgan fingerprint density at radius 2 is 2.18 bits per heavy atom. The van der Waals surface area contributed by atoms with Gasteiger partial charge in [0.25, 0.3) is 11.8 Å². The normalized spacial score (nSPS) is 19.9. The van der Waals surface area contributed by atoms with Crippen molar-refractivity contribution in [2.45, 2.75) is 21.8 Å². The molecule has 0 spiro atoms. The van der Waals surface area contributed by atoms with E-state index >= 15 is 0 Å². The first-order valence-electron chi connectivity index (χ1n) is 9.79. The molecule has 4 rings (SSSR count). The number of amides is 2. The molecule has 0 aliphatic carbocycles. The molecule has 2 aromatic heterocycles. The fraction of sp³-hybridized carbons (Fsp3) is 0.353. The first-order chi connectivity index (χ1) is 17.1. The van der Waals surface area contributed by atoms with Crippen LogP contribution in [0.1, 0.15) is 5.76 Å². The molecule has 0 aromatic carbocycles. The van der Waals surface area contributed by atoms with E-state index < -0.39 is 56.0 Å². The minimum Gasteiger partial charge on any atom is -0.748 e. The molecule has 2 N–H and O–H groups in total. The molecular weight excluding hydrogens is 588 g/mol. The third-order valence-electron chi connectivity index (χ3n) is 4.95. The summed E-state index contributed by atoms with van der Waals surface area (Å²) in [4.78, 5) is 43.3. The standard InChI is InChI=1S/C17H17N7O9S3.2Na/c1-32-21-10(8-3-2-4-33-8)13(25)18-11-14(26)24-12(16(27)28)7(5-34-15(11)24)9(6-36(29,30)31)35-17-19-22-23-20-17;;/h2-4,9,11,15H,5-6H2,1H3,(H,18,25)(H,27,28)(H,29,30,31)(H,19,20,22,23);;/q;2*+1/p-2/t9?,11?,15-;;/m0../s1. The van der Waals surface area contributed by atoms with Crippen LogP contribution in [0, 0.1) is 0 Å². The number of β-lactam (4-membered cyclic amide) rings is 1. The van der Waals surface area contributed by atoms with Gasteiger partial charge in [-0.25, -0.2) is 13.5 Å². The molecule has 2 aliphatic heterocycles. The third-order valence-corrected chi connectivity index (χ3v) is 8.34. The summed E-state index contributed by atoms with van der Waals surface area (Å²) in [5.41, 5.74) is -0.865. The van der Waals surface area contributed by atoms with Crippen molar-refractivity contribution >= 4 is 57.1 Å². The van der Waals surface area contributed by atoms with E-state index in [2.05, 4.69) is 35.9 Å². The number of carbonyl (C=O) groups is 3.